The van der Waals surface area contributed by atoms with Crippen molar-refractivity contribution in [3.05, 3.63) is 18.1 Å². The minimum absolute atomic E-state index is 0.142. The van der Waals surface area contributed by atoms with Crippen LogP contribution >= 0.6 is 0 Å². The van der Waals surface area contributed by atoms with Crippen LogP contribution in [0.5, 0.6) is 5.88 Å². The van der Waals surface area contributed by atoms with Gasteiger partial charge in [-0.2, -0.15) is 0 Å². The van der Waals surface area contributed by atoms with Crippen LogP contribution in [-0.4, -0.2) is 28.7 Å². The van der Waals surface area contributed by atoms with Crippen LogP contribution in [0.25, 0.3) is 0 Å². The van der Waals surface area contributed by atoms with Gasteiger partial charge in [-0.3, -0.25) is 0 Å². The topological polar surface area (TPSA) is 47.0 Å². The molecule has 0 radical (unpaired) electrons. The Morgan fingerprint density at radius 3 is 2.53 bits per heavy atom. The highest BCUT2D eigenvalue weighted by atomic mass is 16.5. The van der Waals surface area contributed by atoms with Crippen LogP contribution < -0.4 is 10.1 Å². The minimum atomic E-state index is 0.142. The molecule has 0 bridgehead atoms. The van der Waals surface area contributed by atoms with Crippen molar-refractivity contribution in [2.24, 2.45) is 5.92 Å². The first-order chi connectivity index (χ1) is 9.01. The first-order valence-corrected chi connectivity index (χ1v) is 7.22. The second-order valence-electron chi connectivity index (χ2n) is 5.60. The van der Waals surface area contributed by atoms with E-state index in [1.165, 1.54) is 0 Å². The molecule has 1 unspecified atom stereocenters. The molecule has 0 saturated heterocycles. The van der Waals surface area contributed by atoms with E-state index in [4.69, 9.17) is 4.74 Å². The maximum absolute atomic E-state index is 5.61. The van der Waals surface area contributed by atoms with Crippen molar-refractivity contribution in [1.29, 1.82) is 0 Å². The summed E-state index contributed by atoms with van der Waals surface area (Å²) in [5.41, 5.74) is 1.04. The molecule has 0 fully saturated rings. The van der Waals surface area contributed by atoms with Gasteiger partial charge in [-0.05, 0) is 32.7 Å². The first-order valence-electron chi connectivity index (χ1n) is 7.22. The maximum atomic E-state index is 5.61. The molecule has 0 aliphatic heterocycles. The molecule has 0 aliphatic rings. The second kappa shape index (κ2) is 8.10. The van der Waals surface area contributed by atoms with Gasteiger partial charge in [0.1, 0.15) is 6.33 Å². The molecule has 1 heterocycles. The lowest BCUT2D eigenvalue weighted by atomic mass is 9.99. The van der Waals surface area contributed by atoms with E-state index >= 15 is 0 Å². The van der Waals surface area contributed by atoms with E-state index in [1.807, 2.05) is 19.9 Å². The summed E-state index contributed by atoms with van der Waals surface area (Å²) < 4.78 is 5.61. The van der Waals surface area contributed by atoms with Crippen molar-refractivity contribution in [2.45, 2.75) is 59.6 Å². The summed E-state index contributed by atoms with van der Waals surface area (Å²) in [5, 5.41) is 3.52. The third kappa shape index (κ3) is 6.53. The average molecular weight is 265 g/mol. The summed E-state index contributed by atoms with van der Waals surface area (Å²) >= 11 is 0. The van der Waals surface area contributed by atoms with Gasteiger partial charge in [0.15, 0.2) is 0 Å². The molecule has 0 saturated carbocycles. The van der Waals surface area contributed by atoms with Gasteiger partial charge in [0, 0.05) is 24.2 Å². The van der Waals surface area contributed by atoms with Crippen LogP contribution in [0.15, 0.2) is 12.4 Å². The Hall–Kier alpha value is -1.16. The van der Waals surface area contributed by atoms with E-state index in [9.17, 15) is 0 Å². The number of rotatable bonds is 8. The maximum Gasteiger partial charge on any atom is 0.216 e. The van der Waals surface area contributed by atoms with Gasteiger partial charge in [0.2, 0.25) is 5.88 Å². The van der Waals surface area contributed by atoms with Crippen molar-refractivity contribution >= 4 is 0 Å². The van der Waals surface area contributed by atoms with E-state index in [-0.39, 0.29) is 6.10 Å². The number of nitrogens with zero attached hydrogens (tertiary/aromatic N) is 2. The van der Waals surface area contributed by atoms with Crippen LogP contribution in [0.4, 0.5) is 0 Å². The Labute approximate surface area is 117 Å². The minimum Gasteiger partial charge on any atom is -0.475 e. The van der Waals surface area contributed by atoms with Gasteiger partial charge in [0.25, 0.3) is 0 Å². The molecule has 1 atom stereocenters. The highest BCUT2D eigenvalue weighted by molar-refractivity contribution is 5.14. The summed E-state index contributed by atoms with van der Waals surface area (Å²) in [6.45, 7) is 11.6. The van der Waals surface area contributed by atoms with Crippen molar-refractivity contribution in [2.75, 3.05) is 6.54 Å². The highest BCUT2D eigenvalue weighted by Gasteiger charge is 2.12. The van der Waals surface area contributed by atoms with Crippen LogP contribution in [0.1, 0.15) is 46.7 Å². The Morgan fingerprint density at radius 2 is 1.95 bits per heavy atom. The largest absolute Gasteiger partial charge is 0.475 e. The lowest BCUT2D eigenvalue weighted by Crippen LogP contribution is -2.32. The second-order valence-corrected chi connectivity index (χ2v) is 5.60. The molecule has 1 aromatic heterocycles. The van der Waals surface area contributed by atoms with Crippen molar-refractivity contribution in [3.8, 4) is 5.88 Å². The van der Waals surface area contributed by atoms with Crippen LogP contribution in [0.3, 0.4) is 0 Å². The zero-order chi connectivity index (χ0) is 14.3. The standard InChI is InChI=1S/C15H27N3O/c1-6-16-13(7-11(2)3)8-14-9-15(18-10-17-14)19-12(4)5/h9-13,16H,6-8H2,1-5H3. The Kier molecular flexibility index (Phi) is 6.78. The summed E-state index contributed by atoms with van der Waals surface area (Å²) in [5.74, 6) is 1.34. The van der Waals surface area contributed by atoms with E-state index in [1.54, 1.807) is 6.33 Å². The average Bonchev–Trinajstić information content (AvgIpc) is 2.27. The predicted octanol–water partition coefficient (Wildman–Crippen LogP) is 2.83. The Morgan fingerprint density at radius 1 is 1.21 bits per heavy atom. The number of hydrogen-bond acceptors (Lipinski definition) is 4. The lowest BCUT2D eigenvalue weighted by molar-refractivity contribution is 0.231. The SMILES string of the molecule is CCNC(Cc1cc(OC(C)C)ncn1)CC(C)C. The fourth-order valence-corrected chi connectivity index (χ4v) is 2.14. The van der Waals surface area contributed by atoms with Crippen molar-refractivity contribution in [1.82, 2.24) is 15.3 Å². The third-order valence-corrected chi connectivity index (χ3v) is 2.76. The molecule has 4 nitrogen and oxygen atoms in total. The molecular weight excluding hydrogens is 238 g/mol. The van der Waals surface area contributed by atoms with E-state index in [0.29, 0.717) is 17.8 Å². The summed E-state index contributed by atoms with van der Waals surface area (Å²) in [4.78, 5) is 8.48. The van der Waals surface area contributed by atoms with Gasteiger partial charge >= 0.3 is 0 Å². The van der Waals surface area contributed by atoms with E-state index in [0.717, 1.165) is 25.1 Å². The van der Waals surface area contributed by atoms with Gasteiger partial charge in [-0.15, -0.1) is 0 Å². The van der Waals surface area contributed by atoms with Crippen molar-refractivity contribution in [3.63, 3.8) is 0 Å². The number of nitrogens with one attached hydrogen (secondary N) is 1. The molecule has 19 heavy (non-hydrogen) atoms. The fourth-order valence-electron chi connectivity index (χ4n) is 2.14. The molecule has 0 amide bonds. The number of aromatic nitrogens is 2. The first kappa shape index (κ1) is 15.9. The fraction of sp³-hybridized carbons (Fsp3) is 0.733. The Balaban J connectivity index is 2.67. The zero-order valence-electron chi connectivity index (χ0n) is 12.8. The zero-order valence-corrected chi connectivity index (χ0v) is 12.8. The summed E-state index contributed by atoms with van der Waals surface area (Å²) in [6.07, 6.45) is 3.80. The van der Waals surface area contributed by atoms with Crippen molar-refractivity contribution < 1.29 is 4.74 Å². The Bertz CT molecular complexity index is 366. The summed E-state index contributed by atoms with van der Waals surface area (Å²) in [6, 6.07) is 2.41. The van der Waals surface area contributed by atoms with Gasteiger partial charge in [-0.25, -0.2) is 9.97 Å². The van der Waals surface area contributed by atoms with Gasteiger partial charge < -0.3 is 10.1 Å². The molecule has 1 aromatic rings. The molecule has 0 spiro atoms. The smallest absolute Gasteiger partial charge is 0.216 e. The predicted molar refractivity (Wildman–Crippen MR) is 78.4 cm³/mol. The number of ether oxygens (including phenoxy) is 1. The molecule has 0 aromatic carbocycles. The molecule has 0 aliphatic carbocycles. The number of hydrogen-bond donors (Lipinski definition) is 1. The van der Waals surface area contributed by atoms with Gasteiger partial charge in [0.05, 0.1) is 6.10 Å². The van der Waals surface area contributed by atoms with Crippen LogP contribution in [-0.2, 0) is 6.42 Å². The van der Waals surface area contributed by atoms with Crippen LogP contribution in [0, 0.1) is 5.92 Å². The molecular formula is C15H27N3O. The lowest BCUT2D eigenvalue weighted by Gasteiger charge is -2.19. The quantitative estimate of drug-likeness (QED) is 0.785. The third-order valence-electron chi connectivity index (χ3n) is 2.76. The van der Waals surface area contributed by atoms with Crippen LogP contribution in [0.2, 0.25) is 0 Å². The number of likely N-dealkylation sites (N-methyl/N-ethyl adjacent to an activating group) is 1. The highest BCUT2D eigenvalue weighted by Crippen LogP contribution is 2.13. The molecule has 108 valence electrons. The van der Waals surface area contributed by atoms with E-state index < -0.39 is 0 Å². The molecule has 1 N–H and O–H groups in total. The summed E-state index contributed by atoms with van der Waals surface area (Å²) in [7, 11) is 0. The normalized spacial score (nSPS) is 13.0. The molecule has 4 heteroatoms. The monoisotopic (exact) mass is 265 g/mol. The van der Waals surface area contributed by atoms with E-state index in [2.05, 4.69) is 36.1 Å². The van der Waals surface area contributed by atoms with Gasteiger partial charge in [-0.1, -0.05) is 20.8 Å². The molecule has 1 rings (SSSR count).